The van der Waals surface area contributed by atoms with Gasteiger partial charge in [-0.15, -0.1) is 0 Å². The van der Waals surface area contributed by atoms with Crippen LogP contribution in [-0.2, 0) is 21.2 Å². The van der Waals surface area contributed by atoms with E-state index >= 15 is 0 Å². The fourth-order valence-corrected chi connectivity index (χ4v) is 6.08. The molecule has 12 heteroatoms. The summed E-state index contributed by atoms with van der Waals surface area (Å²) in [6, 6.07) is 11.1. The SMILES string of the molecule is C[C@@H]1[C@H](c2ccccc2)[C@]1(NS(=O)(=O)N1CCN(c2ccc(C(F)(F)F)cn2)CC1)C(=O)O. The molecule has 0 spiro atoms. The average Bonchev–Trinajstić information content (AvgIpc) is 3.37. The zero-order valence-corrected chi connectivity index (χ0v) is 18.5. The first-order valence-corrected chi connectivity index (χ1v) is 11.8. The summed E-state index contributed by atoms with van der Waals surface area (Å²) < 4.78 is 67.9. The first-order valence-electron chi connectivity index (χ1n) is 10.3. The highest BCUT2D eigenvalue weighted by Crippen LogP contribution is 2.57. The molecule has 2 aliphatic rings. The molecule has 4 rings (SSSR count). The lowest BCUT2D eigenvalue weighted by Crippen LogP contribution is -2.56. The highest BCUT2D eigenvalue weighted by atomic mass is 32.2. The number of pyridine rings is 1. The lowest BCUT2D eigenvalue weighted by atomic mass is 10.1. The maximum absolute atomic E-state index is 13.1. The van der Waals surface area contributed by atoms with E-state index in [9.17, 15) is 31.5 Å². The number of aromatic nitrogens is 1. The predicted octanol–water partition coefficient (Wildman–Crippen LogP) is 2.31. The van der Waals surface area contributed by atoms with Crippen LogP contribution in [0.25, 0.3) is 0 Å². The number of hydrogen-bond acceptors (Lipinski definition) is 5. The van der Waals surface area contributed by atoms with E-state index in [1.807, 2.05) is 0 Å². The van der Waals surface area contributed by atoms with E-state index in [1.54, 1.807) is 42.2 Å². The van der Waals surface area contributed by atoms with Crippen LogP contribution >= 0.6 is 0 Å². The van der Waals surface area contributed by atoms with Gasteiger partial charge in [0.15, 0.2) is 0 Å². The first kappa shape index (κ1) is 23.5. The Hall–Kier alpha value is -2.70. The lowest BCUT2D eigenvalue weighted by molar-refractivity contribution is -0.141. The molecule has 0 unspecified atom stereocenters. The summed E-state index contributed by atoms with van der Waals surface area (Å²) in [7, 11) is -4.12. The largest absolute Gasteiger partial charge is 0.480 e. The number of piperazine rings is 1. The number of rotatable bonds is 6. The minimum Gasteiger partial charge on any atom is -0.480 e. The summed E-state index contributed by atoms with van der Waals surface area (Å²) in [4.78, 5) is 17.7. The summed E-state index contributed by atoms with van der Waals surface area (Å²) in [6.45, 7) is 2.19. The van der Waals surface area contributed by atoms with Crippen molar-refractivity contribution >= 4 is 22.0 Å². The Morgan fingerprint density at radius 1 is 1.12 bits per heavy atom. The molecule has 2 fully saturated rings. The predicted molar refractivity (Wildman–Crippen MR) is 114 cm³/mol. The van der Waals surface area contributed by atoms with Crippen LogP contribution in [0.15, 0.2) is 48.7 Å². The molecule has 1 aliphatic heterocycles. The van der Waals surface area contributed by atoms with Crippen molar-refractivity contribution in [2.45, 2.75) is 24.6 Å². The molecule has 0 amide bonds. The fraction of sp³-hybridized carbons (Fsp3) is 0.429. The van der Waals surface area contributed by atoms with Gasteiger partial charge in [-0.3, -0.25) is 4.79 Å². The van der Waals surface area contributed by atoms with Gasteiger partial charge in [0.2, 0.25) is 0 Å². The third kappa shape index (κ3) is 4.30. The third-order valence-electron chi connectivity index (χ3n) is 6.39. The second-order valence-corrected chi connectivity index (χ2v) is 9.92. The molecular formula is C21H23F3N4O4S. The van der Waals surface area contributed by atoms with E-state index in [4.69, 9.17) is 0 Å². The Morgan fingerprint density at radius 3 is 2.27 bits per heavy atom. The van der Waals surface area contributed by atoms with Crippen molar-refractivity contribution in [2.75, 3.05) is 31.1 Å². The van der Waals surface area contributed by atoms with Gasteiger partial charge < -0.3 is 10.0 Å². The summed E-state index contributed by atoms with van der Waals surface area (Å²) in [5.74, 6) is -1.86. The molecule has 178 valence electrons. The first-order chi connectivity index (χ1) is 15.5. The van der Waals surface area contributed by atoms with Crippen molar-refractivity contribution in [1.29, 1.82) is 0 Å². The van der Waals surface area contributed by atoms with Crippen LogP contribution in [0.3, 0.4) is 0 Å². The Bertz CT molecular complexity index is 1120. The van der Waals surface area contributed by atoms with Gasteiger partial charge in [0.05, 0.1) is 5.56 Å². The minimum absolute atomic E-state index is 0.0398. The van der Waals surface area contributed by atoms with Crippen molar-refractivity contribution < 1.29 is 31.5 Å². The number of benzene rings is 1. The second-order valence-electron chi connectivity index (χ2n) is 8.25. The quantitative estimate of drug-likeness (QED) is 0.653. The van der Waals surface area contributed by atoms with Gasteiger partial charge in [0, 0.05) is 38.3 Å². The lowest BCUT2D eigenvalue weighted by Gasteiger charge is -2.35. The van der Waals surface area contributed by atoms with Gasteiger partial charge in [0.25, 0.3) is 10.2 Å². The topological polar surface area (TPSA) is 103 Å². The Kier molecular flexibility index (Phi) is 5.87. The van der Waals surface area contributed by atoms with Gasteiger partial charge in [-0.25, -0.2) is 4.98 Å². The van der Waals surface area contributed by atoms with Gasteiger partial charge in [-0.05, 0) is 23.6 Å². The molecule has 33 heavy (non-hydrogen) atoms. The number of carboxylic acid groups (broad SMARTS) is 1. The molecule has 8 nitrogen and oxygen atoms in total. The van der Waals surface area contributed by atoms with Crippen LogP contribution in [0, 0.1) is 5.92 Å². The zero-order valence-electron chi connectivity index (χ0n) is 17.7. The van der Waals surface area contributed by atoms with Crippen LogP contribution in [0.1, 0.15) is 24.0 Å². The monoisotopic (exact) mass is 484 g/mol. The van der Waals surface area contributed by atoms with Crippen molar-refractivity contribution in [1.82, 2.24) is 14.0 Å². The van der Waals surface area contributed by atoms with E-state index in [2.05, 4.69) is 9.71 Å². The van der Waals surface area contributed by atoms with Gasteiger partial charge in [-0.1, -0.05) is 37.3 Å². The number of carboxylic acids is 1. The van der Waals surface area contributed by atoms with E-state index in [0.717, 1.165) is 22.1 Å². The molecule has 2 aromatic rings. The number of alkyl halides is 3. The molecule has 2 heterocycles. The van der Waals surface area contributed by atoms with Crippen LogP contribution < -0.4 is 9.62 Å². The molecule has 1 aromatic heterocycles. The van der Waals surface area contributed by atoms with Crippen LogP contribution in [0.2, 0.25) is 0 Å². The zero-order chi connectivity index (χ0) is 24.0. The molecule has 3 atom stereocenters. The average molecular weight is 485 g/mol. The number of nitrogens with zero attached hydrogens (tertiary/aromatic N) is 3. The van der Waals surface area contributed by atoms with Crippen LogP contribution in [-0.4, -0.2) is 60.5 Å². The standard InChI is InChI=1S/C21H23F3N4O4S/c1-14-18(15-5-3-2-4-6-15)20(14,19(29)30)26-33(31,32)28-11-9-27(10-12-28)17-8-7-16(13-25-17)21(22,23)24/h2-8,13-14,18,26H,9-12H2,1H3,(H,29,30)/t14-,18-,20+/m1/s1. The third-order valence-corrected chi connectivity index (χ3v) is 8.03. The summed E-state index contributed by atoms with van der Waals surface area (Å²) in [5.41, 5.74) is -1.75. The number of anilines is 1. The molecule has 1 aliphatic carbocycles. The van der Waals surface area contributed by atoms with Crippen LogP contribution in [0.4, 0.5) is 19.0 Å². The van der Waals surface area contributed by atoms with Gasteiger partial charge >= 0.3 is 12.1 Å². The number of hydrogen-bond donors (Lipinski definition) is 2. The number of halogens is 3. The normalized spacial score (nSPS) is 26.2. The molecule has 1 aromatic carbocycles. The fourth-order valence-electron chi connectivity index (χ4n) is 4.48. The van der Waals surface area contributed by atoms with Crippen molar-refractivity contribution in [3.8, 4) is 0 Å². The molecular weight excluding hydrogens is 461 g/mol. The molecule has 0 radical (unpaired) electrons. The maximum Gasteiger partial charge on any atom is 0.417 e. The molecule has 1 saturated heterocycles. The van der Waals surface area contributed by atoms with Crippen molar-refractivity contribution in [3.05, 3.63) is 59.8 Å². The smallest absolute Gasteiger partial charge is 0.417 e. The van der Waals surface area contributed by atoms with E-state index < -0.39 is 45.3 Å². The Labute approximate surface area is 189 Å². The van der Waals surface area contributed by atoms with Crippen molar-refractivity contribution in [2.24, 2.45) is 5.92 Å². The number of carbonyl (C=O) groups is 1. The Balaban J connectivity index is 1.44. The summed E-state index contributed by atoms with van der Waals surface area (Å²) in [6.07, 6.45) is -3.74. The van der Waals surface area contributed by atoms with Gasteiger partial charge in [-0.2, -0.15) is 30.6 Å². The van der Waals surface area contributed by atoms with E-state index in [-0.39, 0.29) is 26.2 Å². The van der Waals surface area contributed by atoms with E-state index in [1.165, 1.54) is 6.07 Å². The molecule has 2 N–H and O–H groups in total. The maximum atomic E-state index is 13.1. The van der Waals surface area contributed by atoms with E-state index in [0.29, 0.717) is 5.82 Å². The molecule has 1 saturated carbocycles. The summed E-state index contributed by atoms with van der Waals surface area (Å²) >= 11 is 0. The van der Waals surface area contributed by atoms with Crippen molar-refractivity contribution in [3.63, 3.8) is 0 Å². The highest BCUT2D eigenvalue weighted by Gasteiger charge is 2.70. The highest BCUT2D eigenvalue weighted by molar-refractivity contribution is 7.87. The Morgan fingerprint density at radius 2 is 1.76 bits per heavy atom. The van der Waals surface area contributed by atoms with Gasteiger partial charge in [0.1, 0.15) is 11.4 Å². The number of aliphatic carboxylic acids is 1. The summed E-state index contributed by atoms with van der Waals surface area (Å²) in [5, 5.41) is 9.90. The number of nitrogens with one attached hydrogen (secondary N) is 1. The van der Waals surface area contributed by atoms with Crippen LogP contribution in [0.5, 0.6) is 0 Å². The minimum atomic E-state index is -4.48. The molecule has 0 bridgehead atoms. The second kappa shape index (κ2) is 8.26.